The monoisotopic (exact) mass is 258 g/mol. The molecular weight excluding hydrogens is 240 g/mol. The highest BCUT2D eigenvalue weighted by Gasteiger charge is 2.16. The van der Waals surface area contributed by atoms with Crippen LogP contribution in [0.25, 0.3) is 11.3 Å². The van der Waals surface area contributed by atoms with Crippen LogP contribution in [0.3, 0.4) is 0 Å². The first-order valence-corrected chi connectivity index (χ1v) is 6.09. The van der Waals surface area contributed by atoms with Gasteiger partial charge in [0.1, 0.15) is 5.75 Å². The second-order valence-electron chi connectivity index (χ2n) is 4.75. The van der Waals surface area contributed by atoms with E-state index in [1.165, 1.54) is 0 Å². The maximum Gasteiger partial charge on any atom is 0.250 e. The number of nitrogens with one attached hydrogen (secondary N) is 1. The summed E-state index contributed by atoms with van der Waals surface area (Å²) in [6, 6.07) is 5.83. The molecule has 3 N–H and O–H groups in total. The number of primary amides is 1. The minimum Gasteiger partial charge on any atom is -0.496 e. The number of hydrogen-bond acceptors (Lipinski definition) is 2. The number of aryl methyl sites for hydroxylation is 3. The second kappa shape index (κ2) is 4.80. The highest BCUT2D eigenvalue weighted by Crippen LogP contribution is 2.34. The van der Waals surface area contributed by atoms with Crippen molar-refractivity contribution < 1.29 is 9.53 Å². The zero-order chi connectivity index (χ0) is 14.2. The van der Waals surface area contributed by atoms with E-state index in [1.54, 1.807) is 13.2 Å². The van der Waals surface area contributed by atoms with Gasteiger partial charge in [0.15, 0.2) is 0 Å². The first-order chi connectivity index (χ1) is 8.93. The van der Waals surface area contributed by atoms with E-state index in [4.69, 9.17) is 10.5 Å². The van der Waals surface area contributed by atoms with Gasteiger partial charge in [0.05, 0.1) is 18.4 Å². The molecular formula is C15H18N2O2. The van der Waals surface area contributed by atoms with Crippen LogP contribution in [0.2, 0.25) is 0 Å². The largest absolute Gasteiger partial charge is 0.496 e. The Morgan fingerprint density at radius 1 is 1.21 bits per heavy atom. The molecule has 0 unspecified atom stereocenters. The second-order valence-corrected chi connectivity index (χ2v) is 4.75. The normalized spacial score (nSPS) is 10.5. The molecule has 2 rings (SSSR count). The van der Waals surface area contributed by atoms with E-state index in [1.807, 2.05) is 26.8 Å². The molecule has 0 aliphatic carbocycles. The van der Waals surface area contributed by atoms with Crippen LogP contribution in [-0.4, -0.2) is 18.0 Å². The summed E-state index contributed by atoms with van der Waals surface area (Å²) in [5.74, 6) is 0.360. The van der Waals surface area contributed by atoms with E-state index in [0.29, 0.717) is 5.56 Å². The minimum atomic E-state index is -0.427. The average molecular weight is 258 g/mol. The molecule has 1 heterocycles. The number of hydrogen-bond donors (Lipinski definition) is 2. The summed E-state index contributed by atoms with van der Waals surface area (Å²) in [5.41, 5.74) is 10.7. The van der Waals surface area contributed by atoms with E-state index >= 15 is 0 Å². The number of benzene rings is 1. The van der Waals surface area contributed by atoms with Gasteiger partial charge >= 0.3 is 0 Å². The first-order valence-electron chi connectivity index (χ1n) is 6.09. The van der Waals surface area contributed by atoms with Crippen LogP contribution in [0, 0.1) is 20.8 Å². The Kier molecular flexibility index (Phi) is 3.34. The van der Waals surface area contributed by atoms with Crippen molar-refractivity contribution in [2.45, 2.75) is 20.8 Å². The molecule has 1 aromatic carbocycles. The fraction of sp³-hybridized carbons (Fsp3) is 0.267. The van der Waals surface area contributed by atoms with Crippen LogP contribution in [0.5, 0.6) is 5.75 Å². The van der Waals surface area contributed by atoms with Crippen LogP contribution < -0.4 is 10.5 Å². The van der Waals surface area contributed by atoms with Gasteiger partial charge in [-0.05, 0) is 44.0 Å². The Morgan fingerprint density at radius 3 is 2.42 bits per heavy atom. The maximum absolute atomic E-state index is 11.3. The van der Waals surface area contributed by atoms with Crippen LogP contribution in [0.15, 0.2) is 18.2 Å². The molecule has 1 amide bonds. The number of carbonyl (C=O) groups excluding carboxylic acids is 1. The van der Waals surface area contributed by atoms with E-state index in [-0.39, 0.29) is 0 Å². The molecule has 100 valence electrons. The molecule has 4 heteroatoms. The van der Waals surface area contributed by atoms with Crippen LogP contribution in [0.4, 0.5) is 0 Å². The van der Waals surface area contributed by atoms with Gasteiger partial charge in [-0.1, -0.05) is 6.07 Å². The topological polar surface area (TPSA) is 68.1 Å². The predicted octanol–water partition coefficient (Wildman–Crippen LogP) is 2.71. The molecule has 0 aliphatic heterocycles. The standard InChI is InChI=1S/C15H18N2O2/c1-8-5-9(2)14(13(6-8)19-4)12-7-11(15(16)18)10(3)17-12/h5-7,17H,1-4H3,(H2,16,18). The van der Waals surface area contributed by atoms with Gasteiger partial charge in [0, 0.05) is 11.3 Å². The van der Waals surface area contributed by atoms with Gasteiger partial charge in [-0.3, -0.25) is 4.79 Å². The highest BCUT2D eigenvalue weighted by atomic mass is 16.5. The smallest absolute Gasteiger partial charge is 0.250 e. The molecule has 19 heavy (non-hydrogen) atoms. The number of aromatic amines is 1. The molecule has 0 saturated carbocycles. The fourth-order valence-electron chi connectivity index (χ4n) is 2.38. The van der Waals surface area contributed by atoms with Crippen molar-refractivity contribution in [3.63, 3.8) is 0 Å². The third-order valence-corrected chi connectivity index (χ3v) is 3.21. The van der Waals surface area contributed by atoms with Crippen molar-refractivity contribution in [2.24, 2.45) is 5.73 Å². The quantitative estimate of drug-likeness (QED) is 0.888. The summed E-state index contributed by atoms with van der Waals surface area (Å²) in [7, 11) is 1.64. The van der Waals surface area contributed by atoms with Crippen LogP contribution in [-0.2, 0) is 0 Å². The predicted molar refractivity (Wildman–Crippen MR) is 75.5 cm³/mol. The lowest BCUT2D eigenvalue weighted by molar-refractivity contribution is 0.1000. The van der Waals surface area contributed by atoms with Crippen LogP contribution >= 0.6 is 0 Å². The van der Waals surface area contributed by atoms with Crippen LogP contribution in [0.1, 0.15) is 27.2 Å². The van der Waals surface area contributed by atoms with Crippen molar-refractivity contribution in [1.82, 2.24) is 4.98 Å². The molecule has 0 spiro atoms. The fourth-order valence-corrected chi connectivity index (χ4v) is 2.38. The summed E-state index contributed by atoms with van der Waals surface area (Å²) in [4.78, 5) is 14.5. The molecule has 4 nitrogen and oxygen atoms in total. The summed E-state index contributed by atoms with van der Waals surface area (Å²) < 4.78 is 5.43. The Balaban J connectivity index is 2.65. The summed E-state index contributed by atoms with van der Waals surface area (Å²) >= 11 is 0. The number of amides is 1. The lowest BCUT2D eigenvalue weighted by Crippen LogP contribution is -2.10. The van der Waals surface area contributed by atoms with Gasteiger partial charge in [0.25, 0.3) is 5.91 Å². The number of aromatic nitrogens is 1. The number of rotatable bonds is 3. The number of H-pyrrole nitrogens is 1. The van der Waals surface area contributed by atoms with Gasteiger partial charge in [-0.15, -0.1) is 0 Å². The molecule has 0 fully saturated rings. The summed E-state index contributed by atoms with van der Waals surface area (Å²) in [6.07, 6.45) is 0. The Morgan fingerprint density at radius 2 is 1.89 bits per heavy atom. The van der Waals surface area contributed by atoms with Crippen molar-refractivity contribution >= 4 is 5.91 Å². The van der Waals surface area contributed by atoms with Crippen molar-refractivity contribution in [2.75, 3.05) is 7.11 Å². The molecule has 0 radical (unpaired) electrons. The number of methoxy groups -OCH3 is 1. The molecule has 0 atom stereocenters. The van der Waals surface area contributed by atoms with E-state index in [9.17, 15) is 4.79 Å². The van der Waals surface area contributed by atoms with Gasteiger partial charge in [0.2, 0.25) is 0 Å². The number of nitrogens with two attached hydrogens (primary N) is 1. The first kappa shape index (κ1) is 13.2. The summed E-state index contributed by atoms with van der Waals surface area (Å²) in [5, 5.41) is 0. The molecule has 2 aromatic rings. The van der Waals surface area contributed by atoms with E-state index in [2.05, 4.69) is 11.1 Å². The molecule has 0 bridgehead atoms. The third-order valence-electron chi connectivity index (χ3n) is 3.21. The molecule has 1 aromatic heterocycles. The molecule has 0 saturated heterocycles. The van der Waals surface area contributed by atoms with Crippen molar-refractivity contribution in [1.29, 1.82) is 0 Å². The minimum absolute atomic E-state index is 0.427. The van der Waals surface area contributed by atoms with Crippen molar-refractivity contribution in [3.8, 4) is 17.0 Å². The van der Waals surface area contributed by atoms with Gasteiger partial charge < -0.3 is 15.5 Å². The lowest BCUT2D eigenvalue weighted by Gasteiger charge is -2.11. The average Bonchev–Trinajstić information content (AvgIpc) is 2.69. The lowest BCUT2D eigenvalue weighted by atomic mass is 10.0. The van der Waals surface area contributed by atoms with Crippen molar-refractivity contribution in [3.05, 3.63) is 40.6 Å². The van der Waals surface area contributed by atoms with Gasteiger partial charge in [-0.2, -0.15) is 0 Å². The number of carbonyl (C=O) groups is 1. The van der Waals surface area contributed by atoms with E-state index in [0.717, 1.165) is 33.8 Å². The SMILES string of the molecule is COc1cc(C)cc(C)c1-c1cc(C(N)=O)c(C)[nH]1. The van der Waals surface area contributed by atoms with E-state index < -0.39 is 5.91 Å². The number of ether oxygens (including phenoxy) is 1. The molecule has 0 aliphatic rings. The Labute approximate surface area is 112 Å². The maximum atomic E-state index is 11.3. The van der Waals surface area contributed by atoms with Gasteiger partial charge in [-0.25, -0.2) is 0 Å². The Bertz CT molecular complexity index is 642. The zero-order valence-electron chi connectivity index (χ0n) is 11.6. The summed E-state index contributed by atoms with van der Waals surface area (Å²) in [6.45, 7) is 5.87. The third kappa shape index (κ3) is 2.34. The zero-order valence-corrected chi connectivity index (χ0v) is 11.6. The Hall–Kier alpha value is -2.23. The highest BCUT2D eigenvalue weighted by molar-refractivity contribution is 5.95.